The van der Waals surface area contributed by atoms with Gasteiger partial charge in [-0.15, -0.1) is 0 Å². The van der Waals surface area contributed by atoms with E-state index < -0.39 is 5.97 Å². The van der Waals surface area contributed by atoms with E-state index in [1.807, 2.05) is 39.0 Å². The predicted molar refractivity (Wildman–Crippen MR) is 86.3 cm³/mol. The number of aryl methyl sites for hydroxylation is 2. The van der Waals surface area contributed by atoms with Gasteiger partial charge in [0.25, 0.3) is 0 Å². The Kier molecular flexibility index (Phi) is 5.35. The summed E-state index contributed by atoms with van der Waals surface area (Å²) in [7, 11) is 0. The van der Waals surface area contributed by atoms with Gasteiger partial charge in [-0.1, -0.05) is 30.7 Å². The number of carboxylic acids is 1. The molecular formula is C18H25NO3. The Morgan fingerprint density at radius 2 is 1.91 bits per heavy atom. The van der Waals surface area contributed by atoms with Crippen molar-refractivity contribution in [2.75, 3.05) is 13.1 Å². The zero-order chi connectivity index (χ0) is 16.3. The van der Waals surface area contributed by atoms with E-state index in [0.29, 0.717) is 25.9 Å². The zero-order valence-corrected chi connectivity index (χ0v) is 13.6. The second kappa shape index (κ2) is 7.05. The number of Topliss-reactive ketones (excluding diaryl/α,β-unsaturated/α-hetero) is 1. The van der Waals surface area contributed by atoms with E-state index in [-0.39, 0.29) is 17.7 Å². The first kappa shape index (κ1) is 16.7. The van der Waals surface area contributed by atoms with Gasteiger partial charge in [0.05, 0.1) is 12.0 Å². The van der Waals surface area contributed by atoms with Crippen LogP contribution in [0.4, 0.5) is 0 Å². The number of nitrogens with zero attached hydrogens (tertiary/aromatic N) is 1. The number of ketones is 1. The fraction of sp³-hybridized carbons (Fsp3) is 0.556. The van der Waals surface area contributed by atoms with Gasteiger partial charge in [0.1, 0.15) is 0 Å². The van der Waals surface area contributed by atoms with Crippen LogP contribution in [0.1, 0.15) is 47.7 Å². The maximum atomic E-state index is 12.9. The molecule has 1 atom stereocenters. The van der Waals surface area contributed by atoms with Crippen molar-refractivity contribution >= 4 is 11.8 Å². The number of carbonyl (C=O) groups excluding carboxylic acids is 1. The van der Waals surface area contributed by atoms with Gasteiger partial charge in [0, 0.05) is 5.56 Å². The van der Waals surface area contributed by atoms with Crippen molar-refractivity contribution in [2.24, 2.45) is 5.92 Å². The van der Waals surface area contributed by atoms with E-state index in [9.17, 15) is 9.59 Å². The van der Waals surface area contributed by atoms with E-state index in [2.05, 4.69) is 4.90 Å². The van der Waals surface area contributed by atoms with Crippen molar-refractivity contribution in [1.29, 1.82) is 0 Å². The number of carbonyl (C=O) groups is 2. The summed E-state index contributed by atoms with van der Waals surface area (Å²) in [5.41, 5.74) is 2.96. The van der Waals surface area contributed by atoms with Crippen LogP contribution in [0.25, 0.3) is 0 Å². The van der Waals surface area contributed by atoms with Crippen LogP contribution in [-0.4, -0.2) is 40.9 Å². The molecule has 1 N–H and O–H groups in total. The van der Waals surface area contributed by atoms with E-state index in [4.69, 9.17) is 5.11 Å². The van der Waals surface area contributed by atoms with Crippen LogP contribution < -0.4 is 0 Å². The first-order chi connectivity index (χ1) is 10.4. The zero-order valence-electron chi connectivity index (χ0n) is 13.6. The van der Waals surface area contributed by atoms with Gasteiger partial charge in [0.15, 0.2) is 5.78 Å². The van der Waals surface area contributed by atoms with E-state index >= 15 is 0 Å². The summed E-state index contributed by atoms with van der Waals surface area (Å²) >= 11 is 0. The van der Waals surface area contributed by atoms with Crippen LogP contribution >= 0.6 is 0 Å². The Balaban J connectivity index is 2.11. The molecule has 1 unspecified atom stereocenters. The van der Waals surface area contributed by atoms with Gasteiger partial charge < -0.3 is 5.11 Å². The van der Waals surface area contributed by atoms with Crippen molar-refractivity contribution < 1.29 is 14.7 Å². The summed E-state index contributed by atoms with van der Waals surface area (Å²) < 4.78 is 0. The molecule has 120 valence electrons. The molecule has 0 radical (unpaired) electrons. The molecule has 0 saturated carbocycles. The minimum Gasteiger partial charge on any atom is -0.481 e. The fourth-order valence-electron chi connectivity index (χ4n) is 3.34. The minimum atomic E-state index is -0.714. The highest BCUT2D eigenvalue weighted by Gasteiger charge is 2.31. The molecule has 0 aromatic heterocycles. The van der Waals surface area contributed by atoms with E-state index in [1.54, 1.807) is 0 Å². The monoisotopic (exact) mass is 303 g/mol. The van der Waals surface area contributed by atoms with Gasteiger partial charge in [0.2, 0.25) is 0 Å². The highest BCUT2D eigenvalue weighted by Crippen LogP contribution is 2.23. The molecule has 0 spiro atoms. The number of rotatable bonds is 5. The molecule has 0 aliphatic carbocycles. The smallest absolute Gasteiger partial charge is 0.306 e. The van der Waals surface area contributed by atoms with Crippen LogP contribution in [0.2, 0.25) is 0 Å². The Hall–Kier alpha value is -1.68. The van der Waals surface area contributed by atoms with Crippen LogP contribution in [-0.2, 0) is 4.79 Å². The third kappa shape index (κ3) is 3.55. The third-order valence-corrected chi connectivity index (χ3v) is 4.66. The quantitative estimate of drug-likeness (QED) is 0.849. The molecule has 22 heavy (non-hydrogen) atoms. The van der Waals surface area contributed by atoms with Crippen molar-refractivity contribution in [3.63, 3.8) is 0 Å². The number of aliphatic carboxylic acids is 1. The van der Waals surface area contributed by atoms with Crippen molar-refractivity contribution in [3.8, 4) is 0 Å². The molecular weight excluding hydrogens is 278 g/mol. The fourth-order valence-corrected chi connectivity index (χ4v) is 3.34. The average molecular weight is 303 g/mol. The number of benzene rings is 1. The lowest BCUT2D eigenvalue weighted by atomic mass is 9.91. The molecule has 0 bridgehead atoms. The standard InChI is InChI=1S/C18H25NO3/c1-4-16(19-9-7-14(8-10-19)18(21)22)17(20)15-6-5-12(2)11-13(15)3/h5-6,11,14,16H,4,7-10H2,1-3H3,(H,21,22). The highest BCUT2D eigenvalue weighted by atomic mass is 16.4. The van der Waals surface area contributed by atoms with Gasteiger partial charge in [-0.3, -0.25) is 14.5 Å². The normalized spacial score (nSPS) is 18.1. The lowest BCUT2D eigenvalue weighted by molar-refractivity contribution is -0.143. The highest BCUT2D eigenvalue weighted by molar-refractivity contribution is 6.01. The second-order valence-corrected chi connectivity index (χ2v) is 6.26. The number of likely N-dealkylation sites (tertiary alicyclic amines) is 1. The maximum absolute atomic E-state index is 12.9. The Morgan fingerprint density at radius 1 is 1.27 bits per heavy atom. The molecule has 1 aliphatic rings. The summed E-state index contributed by atoms with van der Waals surface area (Å²) in [4.78, 5) is 26.1. The summed E-state index contributed by atoms with van der Waals surface area (Å²) in [6.07, 6.45) is 2.02. The molecule has 1 aliphatic heterocycles. The van der Waals surface area contributed by atoms with Gasteiger partial charge in [-0.25, -0.2) is 0 Å². The summed E-state index contributed by atoms with van der Waals surface area (Å²) in [5, 5.41) is 9.08. The van der Waals surface area contributed by atoms with Gasteiger partial charge in [-0.05, 0) is 51.8 Å². The molecule has 2 rings (SSSR count). The first-order valence-electron chi connectivity index (χ1n) is 8.02. The number of hydrogen-bond donors (Lipinski definition) is 1. The molecule has 1 fully saturated rings. The number of piperidine rings is 1. The van der Waals surface area contributed by atoms with Crippen LogP contribution in [0.3, 0.4) is 0 Å². The molecule has 4 nitrogen and oxygen atoms in total. The molecule has 1 aromatic rings. The molecule has 1 aromatic carbocycles. The molecule has 1 saturated heterocycles. The maximum Gasteiger partial charge on any atom is 0.306 e. The topological polar surface area (TPSA) is 57.6 Å². The minimum absolute atomic E-state index is 0.142. The second-order valence-electron chi connectivity index (χ2n) is 6.26. The SMILES string of the molecule is CCC(C(=O)c1ccc(C)cc1C)N1CCC(C(=O)O)CC1. The van der Waals surface area contributed by atoms with Crippen molar-refractivity contribution in [3.05, 3.63) is 34.9 Å². The Bertz CT molecular complexity index is 559. The largest absolute Gasteiger partial charge is 0.481 e. The van der Waals surface area contributed by atoms with Gasteiger partial charge in [-0.2, -0.15) is 0 Å². The van der Waals surface area contributed by atoms with Crippen LogP contribution in [0.5, 0.6) is 0 Å². The Morgan fingerprint density at radius 3 is 2.41 bits per heavy atom. The molecule has 4 heteroatoms. The lowest BCUT2D eigenvalue weighted by Gasteiger charge is -2.35. The van der Waals surface area contributed by atoms with Gasteiger partial charge >= 0.3 is 5.97 Å². The van der Waals surface area contributed by atoms with Crippen LogP contribution in [0.15, 0.2) is 18.2 Å². The first-order valence-corrected chi connectivity index (χ1v) is 8.02. The number of carboxylic acid groups (broad SMARTS) is 1. The predicted octanol–water partition coefficient (Wildman–Crippen LogP) is 3.06. The lowest BCUT2D eigenvalue weighted by Crippen LogP contribution is -2.46. The summed E-state index contributed by atoms with van der Waals surface area (Å²) in [6, 6.07) is 5.79. The number of hydrogen-bond acceptors (Lipinski definition) is 3. The van der Waals surface area contributed by atoms with E-state index in [0.717, 1.165) is 23.1 Å². The van der Waals surface area contributed by atoms with Crippen molar-refractivity contribution in [2.45, 2.75) is 46.1 Å². The van der Waals surface area contributed by atoms with E-state index in [1.165, 1.54) is 0 Å². The molecule has 0 amide bonds. The third-order valence-electron chi connectivity index (χ3n) is 4.66. The summed E-state index contributed by atoms with van der Waals surface area (Å²) in [6.45, 7) is 7.40. The average Bonchev–Trinajstić information content (AvgIpc) is 2.48. The summed E-state index contributed by atoms with van der Waals surface area (Å²) in [5.74, 6) is -0.813. The molecule has 1 heterocycles. The Labute approximate surface area is 132 Å². The van der Waals surface area contributed by atoms with Crippen molar-refractivity contribution in [1.82, 2.24) is 4.90 Å². The van der Waals surface area contributed by atoms with Crippen LogP contribution in [0, 0.1) is 19.8 Å².